The smallest absolute Gasteiger partial charge is 0.0672 e. The fraction of sp³-hybridized carbons (Fsp3) is 0.471. The summed E-state index contributed by atoms with van der Waals surface area (Å²) in [6.45, 7) is 10.6. The molecule has 0 saturated heterocycles. The topological polar surface area (TPSA) is 29.9 Å². The van der Waals surface area contributed by atoms with Crippen LogP contribution in [0, 0.1) is 6.92 Å². The fourth-order valence-corrected chi connectivity index (χ4v) is 2.39. The summed E-state index contributed by atoms with van der Waals surface area (Å²) < 4.78 is 1.99. The summed E-state index contributed by atoms with van der Waals surface area (Å²) in [7, 11) is 0. The van der Waals surface area contributed by atoms with Crippen molar-refractivity contribution in [3.05, 3.63) is 41.7 Å². The third-order valence-corrected chi connectivity index (χ3v) is 3.69. The quantitative estimate of drug-likeness (QED) is 0.862. The number of aromatic nitrogens is 2. The Bertz CT molecular complexity index is 540. The van der Waals surface area contributed by atoms with Crippen LogP contribution in [0.15, 0.2) is 30.5 Å². The van der Waals surface area contributed by atoms with Crippen LogP contribution >= 0.6 is 0 Å². The predicted molar refractivity (Wildman–Crippen MR) is 84.8 cm³/mol. The monoisotopic (exact) mass is 271 g/mol. The summed E-state index contributed by atoms with van der Waals surface area (Å²) in [5.74, 6) is 0. The van der Waals surface area contributed by atoms with Crippen molar-refractivity contribution in [2.24, 2.45) is 0 Å². The average molecular weight is 271 g/mol. The van der Waals surface area contributed by atoms with Crippen molar-refractivity contribution >= 4 is 0 Å². The van der Waals surface area contributed by atoms with E-state index in [4.69, 9.17) is 0 Å². The highest BCUT2D eigenvalue weighted by molar-refractivity contribution is 5.65. The Morgan fingerprint density at radius 2 is 1.90 bits per heavy atom. The molecule has 1 aromatic heterocycles. The molecular formula is C17H25N3. The molecule has 1 heterocycles. The van der Waals surface area contributed by atoms with Crippen LogP contribution in [0.3, 0.4) is 0 Å². The molecule has 1 N–H and O–H groups in total. The number of nitrogens with one attached hydrogen (secondary N) is 1. The van der Waals surface area contributed by atoms with Gasteiger partial charge in [0.2, 0.25) is 0 Å². The van der Waals surface area contributed by atoms with Crippen LogP contribution in [0.25, 0.3) is 11.1 Å². The van der Waals surface area contributed by atoms with Crippen molar-refractivity contribution in [1.29, 1.82) is 0 Å². The number of rotatable bonds is 6. The van der Waals surface area contributed by atoms with Crippen LogP contribution in [-0.2, 0) is 6.54 Å². The molecule has 0 fully saturated rings. The second kappa shape index (κ2) is 6.71. The third-order valence-electron chi connectivity index (χ3n) is 3.69. The standard InChI is InChI=1S/C17H25N3/c1-5-11-18-13(3)15-7-9-16(10-8-15)17-12-20(6-2)19-14(17)4/h7-10,12-13,18H,5-6,11H2,1-4H3. The molecule has 1 aromatic carbocycles. The van der Waals surface area contributed by atoms with Crippen molar-refractivity contribution in [2.75, 3.05) is 6.54 Å². The van der Waals surface area contributed by atoms with Gasteiger partial charge < -0.3 is 5.32 Å². The molecule has 0 aliphatic heterocycles. The van der Waals surface area contributed by atoms with E-state index in [1.54, 1.807) is 0 Å². The van der Waals surface area contributed by atoms with Crippen molar-refractivity contribution in [3.63, 3.8) is 0 Å². The van der Waals surface area contributed by atoms with Crippen LogP contribution in [-0.4, -0.2) is 16.3 Å². The first-order valence-corrected chi connectivity index (χ1v) is 7.53. The summed E-state index contributed by atoms with van der Waals surface area (Å²) in [5, 5.41) is 8.02. The van der Waals surface area contributed by atoms with Crippen LogP contribution < -0.4 is 5.32 Å². The number of aryl methyl sites for hydroxylation is 2. The minimum absolute atomic E-state index is 0.406. The van der Waals surface area contributed by atoms with Crippen LogP contribution in [0.5, 0.6) is 0 Å². The van der Waals surface area contributed by atoms with E-state index in [1.807, 2.05) is 4.68 Å². The molecule has 20 heavy (non-hydrogen) atoms. The Kier molecular flexibility index (Phi) is 4.96. The minimum Gasteiger partial charge on any atom is -0.310 e. The molecule has 0 spiro atoms. The molecule has 108 valence electrons. The van der Waals surface area contributed by atoms with E-state index >= 15 is 0 Å². The Hall–Kier alpha value is -1.61. The molecule has 0 radical (unpaired) electrons. The SMILES string of the molecule is CCCNC(C)c1ccc(-c2cn(CC)nc2C)cc1. The molecule has 0 amide bonds. The lowest BCUT2D eigenvalue weighted by atomic mass is 10.0. The van der Waals surface area contributed by atoms with Crippen LogP contribution in [0.2, 0.25) is 0 Å². The first kappa shape index (κ1) is 14.8. The Morgan fingerprint density at radius 3 is 2.45 bits per heavy atom. The van der Waals surface area contributed by atoms with Gasteiger partial charge in [0.25, 0.3) is 0 Å². The van der Waals surface area contributed by atoms with Gasteiger partial charge in [-0.1, -0.05) is 31.2 Å². The fourth-order valence-electron chi connectivity index (χ4n) is 2.39. The van der Waals surface area contributed by atoms with Gasteiger partial charge in [-0.3, -0.25) is 4.68 Å². The predicted octanol–water partition coefficient (Wildman–Crippen LogP) is 3.94. The highest BCUT2D eigenvalue weighted by Gasteiger charge is 2.08. The lowest BCUT2D eigenvalue weighted by Gasteiger charge is -2.14. The zero-order chi connectivity index (χ0) is 14.5. The number of hydrogen-bond donors (Lipinski definition) is 1. The summed E-state index contributed by atoms with van der Waals surface area (Å²) in [5.41, 5.74) is 4.90. The van der Waals surface area contributed by atoms with Gasteiger partial charge in [-0.2, -0.15) is 5.10 Å². The van der Waals surface area contributed by atoms with E-state index in [-0.39, 0.29) is 0 Å². The first-order chi connectivity index (χ1) is 9.65. The van der Waals surface area contributed by atoms with E-state index < -0.39 is 0 Å². The van der Waals surface area contributed by atoms with Crippen molar-refractivity contribution < 1.29 is 0 Å². The molecule has 0 aliphatic rings. The van der Waals surface area contributed by atoms with E-state index in [9.17, 15) is 0 Å². The van der Waals surface area contributed by atoms with Crippen LogP contribution in [0.1, 0.15) is 44.5 Å². The van der Waals surface area contributed by atoms with Gasteiger partial charge in [0, 0.05) is 24.3 Å². The largest absolute Gasteiger partial charge is 0.310 e. The Morgan fingerprint density at radius 1 is 1.20 bits per heavy atom. The zero-order valence-electron chi connectivity index (χ0n) is 13.0. The molecule has 0 aliphatic carbocycles. The van der Waals surface area contributed by atoms with E-state index in [0.29, 0.717) is 6.04 Å². The van der Waals surface area contributed by atoms with Gasteiger partial charge >= 0.3 is 0 Å². The summed E-state index contributed by atoms with van der Waals surface area (Å²) >= 11 is 0. The maximum Gasteiger partial charge on any atom is 0.0672 e. The summed E-state index contributed by atoms with van der Waals surface area (Å²) in [6, 6.07) is 9.23. The van der Waals surface area contributed by atoms with E-state index in [0.717, 1.165) is 25.2 Å². The highest BCUT2D eigenvalue weighted by Crippen LogP contribution is 2.24. The molecule has 2 rings (SSSR count). The maximum atomic E-state index is 4.51. The zero-order valence-corrected chi connectivity index (χ0v) is 13.0. The molecule has 2 aromatic rings. The van der Waals surface area contributed by atoms with E-state index in [2.05, 4.69) is 68.6 Å². The Balaban J connectivity index is 2.17. The van der Waals surface area contributed by atoms with Gasteiger partial charge in [-0.25, -0.2) is 0 Å². The molecule has 3 heteroatoms. The van der Waals surface area contributed by atoms with Gasteiger partial charge in [0.15, 0.2) is 0 Å². The van der Waals surface area contributed by atoms with Gasteiger partial charge in [-0.15, -0.1) is 0 Å². The summed E-state index contributed by atoms with van der Waals surface area (Å²) in [6.07, 6.45) is 3.29. The first-order valence-electron chi connectivity index (χ1n) is 7.53. The third kappa shape index (κ3) is 3.28. The van der Waals surface area contributed by atoms with Gasteiger partial charge in [-0.05, 0) is 44.9 Å². The van der Waals surface area contributed by atoms with Crippen molar-refractivity contribution in [1.82, 2.24) is 15.1 Å². The maximum absolute atomic E-state index is 4.51. The average Bonchev–Trinajstić information content (AvgIpc) is 2.86. The van der Waals surface area contributed by atoms with Gasteiger partial charge in [0.1, 0.15) is 0 Å². The lowest BCUT2D eigenvalue weighted by Crippen LogP contribution is -2.19. The molecule has 0 saturated carbocycles. The normalized spacial score (nSPS) is 12.6. The van der Waals surface area contributed by atoms with Crippen molar-refractivity contribution in [2.45, 2.75) is 46.7 Å². The second-order valence-electron chi connectivity index (χ2n) is 5.28. The summed E-state index contributed by atoms with van der Waals surface area (Å²) in [4.78, 5) is 0. The highest BCUT2D eigenvalue weighted by atomic mass is 15.3. The molecule has 3 nitrogen and oxygen atoms in total. The Labute approximate surface area is 122 Å². The molecule has 0 bridgehead atoms. The number of benzene rings is 1. The second-order valence-corrected chi connectivity index (χ2v) is 5.28. The van der Waals surface area contributed by atoms with Crippen LogP contribution in [0.4, 0.5) is 0 Å². The van der Waals surface area contributed by atoms with E-state index in [1.165, 1.54) is 16.7 Å². The molecule has 1 unspecified atom stereocenters. The van der Waals surface area contributed by atoms with Crippen molar-refractivity contribution in [3.8, 4) is 11.1 Å². The molecular weight excluding hydrogens is 246 g/mol. The van der Waals surface area contributed by atoms with Gasteiger partial charge in [0.05, 0.1) is 5.69 Å². The lowest BCUT2D eigenvalue weighted by molar-refractivity contribution is 0.571. The number of nitrogens with zero attached hydrogens (tertiary/aromatic N) is 2. The molecule has 1 atom stereocenters. The minimum atomic E-state index is 0.406. The number of hydrogen-bond acceptors (Lipinski definition) is 2.